The predicted octanol–water partition coefficient (Wildman–Crippen LogP) is 0.840. The average molecular weight is 180 g/mol. The molecule has 0 spiro atoms. The van der Waals surface area contributed by atoms with Gasteiger partial charge in [0, 0.05) is 25.5 Å². The molecule has 0 saturated heterocycles. The SMILES string of the molecule is CCN(C)CCNc1cnccn1. The zero-order valence-corrected chi connectivity index (χ0v) is 8.20. The molecule has 0 aliphatic carbocycles. The first kappa shape index (κ1) is 9.92. The number of rotatable bonds is 5. The van der Waals surface area contributed by atoms with Gasteiger partial charge in [0.15, 0.2) is 0 Å². The first-order chi connectivity index (χ1) is 6.33. The Morgan fingerprint density at radius 1 is 1.46 bits per heavy atom. The molecule has 72 valence electrons. The highest BCUT2D eigenvalue weighted by Crippen LogP contribution is 1.95. The molecule has 4 heteroatoms. The molecule has 0 unspecified atom stereocenters. The van der Waals surface area contributed by atoms with Crippen LogP contribution in [0.4, 0.5) is 5.82 Å². The Morgan fingerprint density at radius 3 is 2.92 bits per heavy atom. The summed E-state index contributed by atoms with van der Waals surface area (Å²) in [6.45, 7) is 5.14. The third-order valence-corrected chi connectivity index (χ3v) is 1.90. The quantitative estimate of drug-likeness (QED) is 0.729. The van der Waals surface area contributed by atoms with Crippen LogP contribution in [0.5, 0.6) is 0 Å². The van der Waals surface area contributed by atoms with E-state index in [1.54, 1.807) is 18.6 Å². The van der Waals surface area contributed by atoms with Crippen LogP contribution in [0.25, 0.3) is 0 Å². The van der Waals surface area contributed by atoms with Crippen LogP contribution in [-0.4, -0.2) is 41.5 Å². The van der Waals surface area contributed by atoms with Crippen LogP contribution < -0.4 is 5.32 Å². The van der Waals surface area contributed by atoms with Crippen molar-refractivity contribution in [3.05, 3.63) is 18.6 Å². The van der Waals surface area contributed by atoms with E-state index in [9.17, 15) is 0 Å². The minimum atomic E-state index is 0.840. The van der Waals surface area contributed by atoms with Gasteiger partial charge >= 0.3 is 0 Å². The zero-order chi connectivity index (χ0) is 9.52. The smallest absolute Gasteiger partial charge is 0.144 e. The van der Waals surface area contributed by atoms with Crippen LogP contribution in [0.3, 0.4) is 0 Å². The van der Waals surface area contributed by atoms with E-state index in [0.29, 0.717) is 0 Å². The third kappa shape index (κ3) is 3.85. The fourth-order valence-electron chi connectivity index (χ4n) is 0.923. The zero-order valence-electron chi connectivity index (χ0n) is 8.20. The van der Waals surface area contributed by atoms with Crippen LogP contribution in [0.15, 0.2) is 18.6 Å². The summed E-state index contributed by atoms with van der Waals surface area (Å²) >= 11 is 0. The molecule has 0 aliphatic heterocycles. The summed E-state index contributed by atoms with van der Waals surface area (Å²) in [7, 11) is 2.10. The van der Waals surface area contributed by atoms with Gasteiger partial charge < -0.3 is 10.2 Å². The van der Waals surface area contributed by atoms with Gasteiger partial charge in [0.2, 0.25) is 0 Å². The number of nitrogens with zero attached hydrogens (tertiary/aromatic N) is 3. The van der Waals surface area contributed by atoms with E-state index in [0.717, 1.165) is 25.5 Å². The van der Waals surface area contributed by atoms with E-state index in [2.05, 4.69) is 34.2 Å². The van der Waals surface area contributed by atoms with Crippen molar-refractivity contribution in [3.8, 4) is 0 Å². The van der Waals surface area contributed by atoms with E-state index in [1.807, 2.05) is 0 Å². The summed E-state index contributed by atoms with van der Waals surface area (Å²) in [5.74, 6) is 0.840. The molecule has 0 amide bonds. The Kier molecular flexibility index (Phi) is 4.18. The average Bonchev–Trinajstić information content (AvgIpc) is 2.19. The van der Waals surface area contributed by atoms with Crippen molar-refractivity contribution >= 4 is 5.82 Å². The van der Waals surface area contributed by atoms with Gasteiger partial charge in [0.05, 0.1) is 6.20 Å². The molecular formula is C9H16N4. The van der Waals surface area contributed by atoms with Crippen LogP contribution in [-0.2, 0) is 0 Å². The van der Waals surface area contributed by atoms with Crippen molar-refractivity contribution < 1.29 is 0 Å². The molecule has 1 heterocycles. The Labute approximate surface area is 79.0 Å². The molecule has 0 bridgehead atoms. The lowest BCUT2D eigenvalue weighted by atomic mass is 10.5. The molecule has 4 nitrogen and oxygen atoms in total. The van der Waals surface area contributed by atoms with Gasteiger partial charge in [-0.05, 0) is 13.6 Å². The van der Waals surface area contributed by atoms with Crippen LogP contribution in [0.1, 0.15) is 6.92 Å². The Balaban J connectivity index is 2.20. The summed E-state index contributed by atoms with van der Waals surface area (Å²) in [6, 6.07) is 0. The molecule has 1 N–H and O–H groups in total. The normalized spacial score (nSPS) is 10.4. The molecule has 0 fully saturated rings. The van der Waals surface area contributed by atoms with Crippen molar-refractivity contribution in [2.75, 3.05) is 32.0 Å². The van der Waals surface area contributed by atoms with E-state index in [-0.39, 0.29) is 0 Å². The number of aromatic nitrogens is 2. The highest BCUT2D eigenvalue weighted by molar-refractivity contribution is 5.29. The van der Waals surface area contributed by atoms with Gasteiger partial charge in [0.25, 0.3) is 0 Å². The Morgan fingerprint density at radius 2 is 2.31 bits per heavy atom. The number of hydrogen-bond acceptors (Lipinski definition) is 4. The molecule has 0 atom stereocenters. The maximum atomic E-state index is 4.11. The topological polar surface area (TPSA) is 41.0 Å². The number of hydrogen-bond donors (Lipinski definition) is 1. The van der Waals surface area contributed by atoms with Crippen LogP contribution in [0, 0.1) is 0 Å². The minimum absolute atomic E-state index is 0.840. The Hall–Kier alpha value is -1.16. The van der Waals surface area contributed by atoms with Crippen LogP contribution >= 0.6 is 0 Å². The molecule has 1 aromatic rings. The van der Waals surface area contributed by atoms with Crippen molar-refractivity contribution in [2.45, 2.75) is 6.92 Å². The molecule has 0 aromatic carbocycles. The van der Waals surface area contributed by atoms with E-state index < -0.39 is 0 Å². The van der Waals surface area contributed by atoms with E-state index in [4.69, 9.17) is 0 Å². The van der Waals surface area contributed by atoms with Gasteiger partial charge in [-0.15, -0.1) is 0 Å². The summed E-state index contributed by atoms with van der Waals surface area (Å²) < 4.78 is 0. The monoisotopic (exact) mass is 180 g/mol. The molecule has 1 aromatic heterocycles. The van der Waals surface area contributed by atoms with E-state index in [1.165, 1.54) is 0 Å². The number of nitrogens with one attached hydrogen (secondary N) is 1. The number of anilines is 1. The first-order valence-electron chi connectivity index (χ1n) is 4.51. The van der Waals surface area contributed by atoms with Crippen LogP contribution in [0.2, 0.25) is 0 Å². The third-order valence-electron chi connectivity index (χ3n) is 1.90. The fraction of sp³-hybridized carbons (Fsp3) is 0.556. The highest BCUT2D eigenvalue weighted by Gasteiger charge is 1.94. The fourth-order valence-corrected chi connectivity index (χ4v) is 0.923. The van der Waals surface area contributed by atoms with Gasteiger partial charge in [-0.25, -0.2) is 4.98 Å². The standard InChI is InChI=1S/C9H16N4/c1-3-13(2)7-6-12-9-8-10-4-5-11-9/h4-5,8H,3,6-7H2,1-2H3,(H,11,12). The molecular weight excluding hydrogens is 164 g/mol. The van der Waals surface area contributed by atoms with Crippen molar-refractivity contribution in [3.63, 3.8) is 0 Å². The maximum Gasteiger partial charge on any atom is 0.144 e. The lowest BCUT2D eigenvalue weighted by Gasteiger charge is -2.13. The van der Waals surface area contributed by atoms with Crippen molar-refractivity contribution in [1.82, 2.24) is 14.9 Å². The Bertz CT molecular complexity index is 224. The molecule has 0 aliphatic rings. The number of likely N-dealkylation sites (N-methyl/N-ethyl adjacent to an activating group) is 1. The molecule has 1 rings (SSSR count). The second-order valence-electron chi connectivity index (χ2n) is 2.91. The van der Waals surface area contributed by atoms with Crippen molar-refractivity contribution in [2.24, 2.45) is 0 Å². The molecule has 13 heavy (non-hydrogen) atoms. The second-order valence-corrected chi connectivity index (χ2v) is 2.91. The van der Waals surface area contributed by atoms with Gasteiger partial charge in [-0.3, -0.25) is 4.98 Å². The van der Waals surface area contributed by atoms with Gasteiger partial charge in [-0.2, -0.15) is 0 Å². The maximum absolute atomic E-state index is 4.11. The highest BCUT2D eigenvalue weighted by atomic mass is 15.1. The summed E-state index contributed by atoms with van der Waals surface area (Å²) in [5.41, 5.74) is 0. The van der Waals surface area contributed by atoms with Crippen molar-refractivity contribution in [1.29, 1.82) is 0 Å². The second kappa shape index (κ2) is 5.48. The lowest BCUT2D eigenvalue weighted by molar-refractivity contribution is 0.367. The van der Waals surface area contributed by atoms with Gasteiger partial charge in [0.1, 0.15) is 5.82 Å². The lowest BCUT2D eigenvalue weighted by Crippen LogP contribution is -2.24. The summed E-state index contributed by atoms with van der Waals surface area (Å²) in [5, 5.41) is 3.19. The molecule has 0 radical (unpaired) electrons. The van der Waals surface area contributed by atoms with Gasteiger partial charge in [-0.1, -0.05) is 6.92 Å². The largest absolute Gasteiger partial charge is 0.368 e. The summed E-state index contributed by atoms with van der Waals surface area (Å²) in [4.78, 5) is 10.3. The minimum Gasteiger partial charge on any atom is -0.368 e. The summed E-state index contributed by atoms with van der Waals surface area (Å²) in [6.07, 6.45) is 5.08. The van der Waals surface area contributed by atoms with E-state index >= 15 is 0 Å². The molecule has 0 saturated carbocycles. The first-order valence-corrected chi connectivity index (χ1v) is 4.51. The predicted molar refractivity (Wildman–Crippen MR) is 53.7 cm³/mol.